The molecule has 0 saturated carbocycles. The molecule has 0 aliphatic rings. The van der Waals surface area contributed by atoms with E-state index in [2.05, 4.69) is 97.1 Å². The number of nitrogens with zero attached hydrogens (tertiary/aromatic N) is 3. The van der Waals surface area contributed by atoms with Crippen LogP contribution in [0.15, 0.2) is 144 Å². The molecular weight excluding hydrogens is 526 g/mol. The number of rotatable bonds is 3. The Morgan fingerprint density at radius 1 is 0.372 bits per heavy atom. The molecule has 0 fully saturated rings. The van der Waals surface area contributed by atoms with Crippen molar-refractivity contribution < 1.29 is 4.42 Å². The molecule has 2 aromatic heterocycles. The first-order valence-corrected chi connectivity index (χ1v) is 14.4. The lowest BCUT2D eigenvalue weighted by Crippen LogP contribution is -2.00. The molecular formula is C39H23N3O. The number of fused-ring (bicyclic) bond motifs is 7. The maximum absolute atomic E-state index is 6.37. The van der Waals surface area contributed by atoms with Crippen LogP contribution in [0.4, 0.5) is 0 Å². The maximum atomic E-state index is 6.37. The molecule has 9 rings (SSSR count). The van der Waals surface area contributed by atoms with Gasteiger partial charge in [-0.3, -0.25) is 0 Å². The third-order valence-electron chi connectivity index (χ3n) is 8.28. The summed E-state index contributed by atoms with van der Waals surface area (Å²) in [6, 6.07) is 48.1. The van der Waals surface area contributed by atoms with Gasteiger partial charge in [-0.25, -0.2) is 15.0 Å². The first kappa shape index (κ1) is 23.8. The Balaban J connectivity index is 1.32. The smallest absolute Gasteiger partial charge is 0.164 e. The molecule has 200 valence electrons. The van der Waals surface area contributed by atoms with Crippen LogP contribution in [0.2, 0.25) is 0 Å². The highest BCUT2D eigenvalue weighted by Crippen LogP contribution is 2.38. The minimum absolute atomic E-state index is 0.614. The van der Waals surface area contributed by atoms with Gasteiger partial charge in [-0.05, 0) is 56.6 Å². The van der Waals surface area contributed by atoms with Crippen LogP contribution in [0.25, 0.3) is 88.4 Å². The van der Waals surface area contributed by atoms with Gasteiger partial charge in [-0.2, -0.15) is 0 Å². The van der Waals surface area contributed by atoms with Gasteiger partial charge in [0.2, 0.25) is 0 Å². The molecule has 2 heterocycles. The van der Waals surface area contributed by atoms with Crippen LogP contribution in [-0.2, 0) is 0 Å². The second-order valence-corrected chi connectivity index (χ2v) is 10.9. The SMILES string of the molecule is c1ccc(-c2nc(-c3ccc4ccc5ccccc5c4c3)nc(-c3cccc4oc5cc6ccccc6cc5c34)n2)cc1. The van der Waals surface area contributed by atoms with Gasteiger partial charge in [0.25, 0.3) is 0 Å². The number of hydrogen-bond acceptors (Lipinski definition) is 4. The van der Waals surface area contributed by atoms with E-state index >= 15 is 0 Å². The Kier molecular flexibility index (Phi) is 5.16. The summed E-state index contributed by atoms with van der Waals surface area (Å²) in [6.07, 6.45) is 0. The average Bonchev–Trinajstić information content (AvgIpc) is 3.44. The Labute approximate surface area is 246 Å². The lowest BCUT2D eigenvalue weighted by Gasteiger charge is -2.10. The van der Waals surface area contributed by atoms with Crippen molar-refractivity contribution in [1.82, 2.24) is 15.0 Å². The van der Waals surface area contributed by atoms with E-state index in [1.807, 2.05) is 42.5 Å². The minimum Gasteiger partial charge on any atom is -0.456 e. The monoisotopic (exact) mass is 549 g/mol. The second kappa shape index (κ2) is 9.33. The van der Waals surface area contributed by atoms with Crippen LogP contribution < -0.4 is 0 Å². The topological polar surface area (TPSA) is 51.8 Å². The molecule has 0 spiro atoms. The van der Waals surface area contributed by atoms with Crippen molar-refractivity contribution in [2.45, 2.75) is 0 Å². The standard InChI is InChI=1S/C39H23N3O/c1-2-10-26(11-3-1)37-40-38(29-20-19-25-18-17-24-9-6-7-14-30(24)32(25)22-29)42-39(41-37)31-15-8-16-34-36(31)33-21-27-12-4-5-13-28(27)23-35(33)43-34/h1-23H. The molecule has 0 atom stereocenters. The van der Waals surface area contributed by atoms with Crippen LogP contribution in [0.5, 0.6) is 0 Å². The molecule has 0 radical (unpaired) electrons. The molecule has 43 heavy (non-hydrogen) atoms. The molecule has 0 unspecified atom stereocenters. The first-order valence-electron chi connectivity index (χ1n) is 14.4. The highest BCUT2D eigenvalue weighted by molar-refractivity contribution is 6.15. The highest BCUT2D eigenvalue weighted by Gasteiger charge is 2.18. The predicted molar refractivity (Wildman–Crippen MR) is 176 cm³/mol. The summed E-state index contributed by atoms with van der Waals surface area (Å²) in [7, 11) is 0. The first-order chi connectivity index (χ1) is 21.3. The van der Waals surface area contributed by atoms with Crippen LogP contribution in [0, 0.1) is 0 Å². The Morgan fingerprint density at radius 2 is 1.02 bits per heavy atom. The van der Waals surface area contributed by atoms with Crippen molar-refractivity contribution in [3.05, 3.63) is 140 Å². The van der Waals surface area contributed by atoms with Gasteiger partial charge in [-0.15, -0.1) is 0 Å². The van der Waals surface area contributed by atoms with E-state index in [0.29, 0.717) is 17.5 Å². The van der Waals surface area contributed by atoms with Crippen LogP contribution >= 0.6 is 0 Å². The largest absolute Gasteiger partial charge is 0.456 e. The van der Waals surface area contributed by atoms with E-state index in [0.717, 1.165) is 49.4 Å². The van der Waals surface area contributed by atoms with Crippen molar-refractivity contribution in [2.75, 3.05) is 0 Å². The number of benzene rings is 7. The zero-order valence-corrected chi connectivity index (χ0v) is 23.0. The van der Waals surface area contributed by atoms with E-state index in [1.165, 1.54) is 21.5 Å². The normalized spacial score (nSPS) is 11.7. The average molecular weight is 550 g/mol. The van der Waals surface area contributed by atoms with Gasteiger partial charge in [0.15, 0.2) is 17.5 Å². The molecule has 7 aromatic carbocycles. The van der Waals surface area contributed by atoms with E-state index < -0.39 is 0 Å². The molecule has 0 amide bonds. The highest BCUT2D eigenvalue weighted by atomic mass is 16.3. The van der Waals surface area contributed by atoms with Gasteiger partial charge in [0.1, 0.15) is 11.2 Å². The third kappa shape index (κ3) is 3.88. The maximum Gasteiger partial charge on any atom is 0.164 e. The molecule has 0 saturated heterocycles. The van der Waals surface area contributed by atoms with Gasteiger partial charge in [0.05, 0.1) is 0 Å². The van der Waals surface area contributed by atoms with Gasteiger partial charge in [0, 0.05) is 27.5 Å². The van der Waals surface area contributed by atoms with E-state index in [4.69, 9.17) is 19.4 Å². The molecule has 4 heteroatoms. The van der Waals surface area contributed by atoms with Crippen molar-refractivity contribution in [3.8, 4) is 34.2 Å². The number of furan rings is 1. The molecule has 0 N–H and O–H groups in total. The third-order valence-corrected chi connectivity index (χ3v) is 8.28. The summed E-state index contributed by atoms with van der Waals surface area (Å²) in [5.74, 6) is 1.88. The van der Waals surface area contributed by atoms with Gasteiger partial charge in [-0.1, -0.05) is 115 Å². The van der Waals surface area contributed by atoms with Crippen molar-refractivity contribution in [1.29, 1.82) is 0 Å². The Morgan fingerprint density at radius 3 is 1.86 bits per heavy atom. The predicted octanol–water partition coefficient (Wildman–Crippen LogP) is 10.2. The van der Waals surface area contributed by atoms with Crippen LogP contribution in [-0.4, -0.2) is 15.0 Å². The van der Waals surface area contributed by atoms with Crippen molar-refractivity contribution >= 4 is 54.3 Å². The quantitative estimate of drug-likeness (QED) is 0.206. The van der Waals surface area contributed by atoms with E-state index in [1.54, 1.807) is 0 Å². The lowest BCUT2D eigenvalue weighted by atomic mass is 9.99. The number of hydrogen-bond donors (Lipinski definition) is 0. The summed E-state index contributed by atoms with van der Waals surface area (Å²) >= 11 is 0. The lowest BCUT2D eigenvalue weighted by molar-refractivity contribution is 0.669. The summed E-state index contributed by atoms with van der Waals surface area (Å²) in [4.78, 5) is 15.2. The number of aromatic nitrogens is 3. The zero-order valence-electron chi connectivity index (χ0n) is 23.0. The minimum atomic E-state index is 0.614. The molecule has 4 nitrogen and oxygen atoms in total. The second-order valence-electron chi connectivity index (χ2n) is 10.9. The van der Waals surface area contributed by atoms with E-state index in [-0.39, 0.29) is 0 Å². The van der Waals surface area contributed by atoms with E-state index in [9.17, 15) is 0 Å². The summed E-state index contributed by atoms with van der Waals surface area (Å²) in [5, 5.41) is 9.13. The molecule has 0 aliphatic carbocycles. The Bertz CT molecular complexity index is 2510. The Hall–Kier alpha value is -5.87. The summed E-state index contributed by atoms with van der Waals surface area (Å²) < 4.78 is 6.37. The fourth-order valence-electron chi connectivity index (χ4n) is 6.18. The molecule has 0 aliphatic heterocycles. The van der Waals surface area contributed by atoms with Crippen molar-refractivity contribution in [3.63, 3.8) is 0 Å². The van der Waals surface area contributed by atoms with Gasteiger partial charge < -0.3 is 4.42 Å². The van der Waals surface area contributed by atoms with Crippen molar-refractivity contribution in [2.24, 2.45) is 0 Å². The summed E-state index contributed by atoms with van der Waals surface area (Å²) in [5.41, 5.74) is 4.45. The fourth-order valence-corrected chi connectivity index (χ4v) is 6.18. The zero-order chi connectivity index (χ0) is 28.3. The molecule has 0 bridgehead atoms. The van der Waals surface area contributed by atoms with Crippen LogP contribution in [0.3, 0.4) is 0 Å². The fraction of sp³-hybridized carbons (Fsp3) is 0. The molecule has 9 aromatic rings. The van der Waals surface area contributed by atoms with Crippen LogP contribution in [0.1, 0.15) is 0 Å². The van der Waals surface area contributed by atoms with Gasteiger partial charge >= 0.3 is 0 Å². The summed E-state index contributed by atoms with van der Waals surface area (Å²) in [6.45, 7) is 0.